The first-order valence-electron chi connectivity index (χ1n) is 20.6. The van der Waals surface area contributed by atoms with E-state index in [1.807, 2.05) is 6.07 Å². The molecule has 0 radical (unpaired) electrons. The molecule has 0 bridgehead atoms. The number of nitrogens with zero attached hydrogens (tertiary/aromatic N) is 2. The molecule has 0 aliphatic carbocycles. The molecule has 4 heteroatoms. The Hall–Kier alpha value is -7.66. The molecular weight excluding hydrogens is 745 g/mol. The van der Waals surface area contributed by atoms with Crippen molar-refractivity contribution in [3.8, 4) is 22.5 Å². The number of hydrogen-bond donors (Lipinski definition) is 0. The molecule has 9 aromatic carbocycles. The summed E-state index contributed by atoms with van der Waals surface area (Å²) in [5.41, 5.74) is 9.80. The van der Waals surface area contributed by atoms with Crippen molar-refractivity contribution in [1.82, 2.24) is 9.13 Å². The van der Waals surface area contributed by atoms with Crippen LogP contribution in [0.25, 0.3) is 77.3 Å². The Balaban J connectivity index is 1.06. The van der Waals surface area contributed by atoms with Crippen molar-refractivity contribution >= 4 is 83.6 Å². The fourth-order valence-electron chi connectivity index (χ4n) is 9.88. The summed E-state index contributed by atoms with van der Waals surface area (Å²) in [4.78, 5) is 0. The lowest BCUT2D eigenvalue weighted by atomic mass is 10.0. The number of fused-ring (bicyclic) bond motifs is 8. The van der Waals surface area contributed by atoms with Crippen LogP contribution in [-0.2, 0) is 0 Å². The summed E-state index contributed by atoms with van der Waals surface area (Å²) in [5.74, 6) is 0. The highest BCUT2D eigenvalue weighted by molar-refractivity contribution is 7.20. The van der Waals surface area contributed by atoms with Gasteiger partial charge in [0.25, 0.3) is 0 Å². The van der Waals surface area contributed by atoms with E-state index in [0.29, 0.717) is 0 Å². The first-order valence-corrected chi connectivity index (χ1v) is 22.6. The minimum absolute atomic E-state index is 0.867. The van der Waals surface area contributed by atoms with Gasteiger partial charge in [-0.15, -0.1) is 0 Å². The molecule has 282 valence electrons. The first kappa shape index (κ1) is 34.4. The van der Waals surface area contributed by atoms with Crippen LogP contribution in [0.3, 0.4) is 0 Å². The standard InChI is InChI=1S/C56H38N2OSi/c1-5-19-41(20-6-1)58-53-34-32-40(37-50(53)55-48-29-14-16-31-54(48)59-56(55)58)39-18-17-21-42(36-39)57-51-30-15-13-28-47(51)49-38-46(33-35-52(49)57)60(43-22-7-2-8-23-43,44-24-9-3-10-25-44)45-26-11-4-12-27-45/h1-38H. The van der Waals surface area contributed by atoms with E-state index in [9.17, 15) is 0 Å². The second-order valence-electron chi connectivity index (χ2n) is 15.7. The van der Waals surface area contributed by atoms with Gasteiger partial charge in [0.2, 0.25) is 5.71 Å². The molecule has 3 nitrogen and oxygen atoms in total. The zero-order valence-corrected chi connectivity index (χ0v) is 33.7. The van der Waals surface area contributed by atoms with Gasteiger partial charge in [-0.1, -0.05) is 176 Å². The molecule has 0 saturated carbocycles. The Morgan fingerprint density at radius 2 is 0.850 bits per heavy atom. The number of hydrogen-bond acceptors (Lipinski definition) is 1. The lowest BCUT2D eigenvalue weighted by Crippen LogP contribution is -2.74. The second-order valence-corrected chi connectivity index (χ2v) is 19.5. The number of rotatable bonds is 7. The summed E-state index contributed by atoms with van der Waals surface area (Å²) in [6.07, 6.45) is 0. The number of furan rings is 1. The molecule has 0 amide bonds. The van der Waals surface area contributed by atoms with Crippen molar-refractivity contribution in [3.05, 3.63) is 231 Å². The summed E-state index contributed by atoms with van der Waals surface area (Å²) in [6.45, 7) is 0. The zero-order valence-electron chi connectivity index (χ0n) is 32.7. The highest BCUT2D eigenvalue weighted by Gasteiger charge is 2.41. The third-order valence-corrected chi connectivity index (χ3v) is 17.2. The van der Waals surface area contributed by atoms with Gasteiger partial charge in [0.1, 0.15) is 5.58 Å². The largest absolute Gasteiger partial charge is 0.439 e. The Morgan fingerprint density at radius 1 is 0.317 bits per heavy atom. The van der Waals surface area contributed by atoms with Gasteiger partial charge in [-0.05, 0) is 86.5 Å². The molecule has 0 N–H and O–H groups in total. The smallest absolute Gasteiger partial charge is 0.213 e. The van der Waals surface area contributed by atoms with E-state index in [-0.39, 0.29) is 0 Å². The van der Waals surface area contributed by atoms with Gasteiger partial charge in [-0.3, -0.25) is 4.57 Å². The van der Waals surface area contributed by atoms with Gasteiger partial charge >= 0.3 is 0 Å². The van der Waals surface area contributed by atoms with Gasteiger partial charge in [-0.25, -0.2) is 0 Å². The quantitative estimate of drug-likeness (QED) is 0.117. The van der Waals surface area contributed by atoms with E-state index < -0.39 is 8.07 Å². The minimum atomic E-state index is -2.72. The molecule has 0 aliphatic heterocycles. The molecule has 60 heavy (non-hydrogen) atoms. The predicted molar refractivity (Wildman–Crippen MR) is 254 cm³/mol. The molecule has 0 fully saturated rings. The molecule has 3 aromatic heterocycles. The van der Waals surface area contributed by atoms with Crippen molar-refractivity contribution in [2.24, 2.45) is 0 Å². The van der Waals surface area contributed by atoms with Crippen molar-refractivity contribution in [3.63, 3.8) is 0 Å². The normalized spacial score (nSPS) is 12.0. The van der Waals surface area contributed by atoms with Gasteiger partial charge in [0, 0.05) is 32.9 Å². The van der Waals surface area contributed by atoms with E-state index in [4.69, 9.17) is 4.42 Å². The van der Waals surface area contributed by atoms with Crippen molar-refractivity contribution in [2.75, 3.05) is 0 Å². The SMILES string of the molecule is c1ccc(-n2c3ccc(-c4cccc(-n5c6ccccc6c6cc([Si](c7ccccc7)(c7ccccc7)c7ccccc7)ccc65)c4)cc3c3c4ccccc4oc32)cc1. The third kappa shape index (κ3) is 5.14. The summed E-state index contributed by atoms with van der Waals surface area (Å²) in [6, 6.07) is 84.4. The third-order valence-electron chi connectivity index (χ3n) is 12.5. The molecule has 0 atom stereocenters. The van der Waals surface area contributed by atoms with Crippen LogP contribution in [0.15, 0.2) is 235 Å². The Kier molecular flexibility index (Phi) is 7.87. The topological polar surface area (TPSA) is 23.0 Å². The van der Waals surface area contributed by atoms with E-state index in [0.717, 1.165) is 50.1 Å². The van der Waals surface area contributed by atoms with E-state index in [1.54, 1.807) is 0 Å². The monoisotopic (exact) mass is 782 g/mol. The highest BCUT2D eigenvalue weighted by Crippen LogP contribution is 2.41. The summed E-state index contributed by atoms with van der Waals surface area (Å²) in [7, 11) is -2.72. The Morgan fingerprint density at radius 3 is 1.55 bits per heavy atom. The lowest BCUT2D eigenvalue weighted by Gasteiger charge is -2.34. The van der Waals surface area contributed by atoms with Gasteiger partial charge in [0.15, 0.2) is 8.07 Å². The van der Waals surface area contributed by atoms with Crippen LogP contribution in [0.1, 0.15) is 0 Å². The Labute approximate surface area is 348 Å². The van der Waals surface area contributed by atoms with Crippen molar-refractivity contribution in [1.29, 1.82) is 0 Å². The van der Waals surface area contributed by atoms with Crippen LogP contribution in [0.4, 0.5) is 0 Å². The molecule has 0 spiro atoms. The second kappa shape index (κ2) is 13.7. The van der Waals surface area contributed by atoms with Crippen LogP contribution < -0.4 is 20.7 Å². The van der Waals surface area contributed by atoms with E-state index in [1.165, 1.54) is 47.9 Å². The number of para-hydroxylation sites is 3. The fourth-order valence-corrected chi connectivity index (χ4v) is 14.6. The highest BCUT2D eigenvalue weighted by atomic mass is 28.3. The predicted octanol–water partition coefficient (Wildman–Crippen LogP) is 11.7. The van der Waals surface area contributed by atoms with E-state index >= 15 is 0 Å². The fraction of sp³-hybridized carbons (Fsp3) is 0. The van der Waals surface area contributed by atoms with Crippen LogP contribution in [0, 0.1) is 0 Å². The van der Waals surface area contributed by atoms with Gasteiger partial charge < -0.3 is 8.98 Å². The maximum absolute atomic E-state index is 6.59. The molecule has 0 saturated heterocycles. The van der Waals surface area contributed by atoms with Crippen LogP contribution in [-0.4, -0.2) is 17.2 Å². The summed E-state index contributed by atoms with van der Waals surface area (Å²) < 4.78 is 11.3. The maximum atomic E-state index is 6.59. The summed E-state index contributed by atoms with van der Waals surface area (Å²) in [5, 5.41) is 11.4. The minimum Gasteiger partial charge on any atom is -0.439 e. The zero-order chi connectivity index (χ0) is 39.6. The van der Waals surface area contributed by atoms with Crippen LogP contribution >= 0.6 is 0 Å². The van der Waals surface area contributed by atoms with Gasteiger partial charge in [-0.2, -0.15) is 0 Å². The molecule has 3 heterocycles. The first-order chi connectivity index (χ1) is 29.8. The molecule has 12 rings (SSSR count). The maximum Gasteiger partial charge on any atom is 0.213 e. The average molecular weight is 783 g/mol. The van der Waals surface area contributed by atoms with E-state index in [2.05, 4.69) is 234 Å². The van der Waals surface area contributed by atoms with Gasteiger partial charge in [0.05, 0.1) is 21.9 Å². The molecule has 12 aromatic rings. The van der Waals surface area contributed by atoms with Crippen LogP contribution in [0.5, 0.6) is 0 Å². The van der Waals surface area contributed by atoms with Crippen molar-refractivity contribution in [2.45, 2.75) is 0 Å². The molecular formula is C56H38N2OSi. The average Bonchev–Trinajstić information content (AvgIpc) is 3.97. The lowest BCUT2D eigenvalue weighted by molar-refractivity contribution is 0.645. The summed E-state index contributed by atoms with van der Waals surface area (Å²) >= 11 is 0. The molecule has 0 aliphatic rings. The van der Waals surface area contributed by atoms with Crippen molar-refractivity contribution < 1.29 is 4.42 Å². The number of aromatic nitrogens is 2. The molecule has 0 unspecified atom stereocenters. The number of benzene rings is 9. The Bertz CT molecular complexity index is 3430. The van der Waals surface area contributed by atoms with Crippen LogP contribution in [0.2, 0.25) is 0 Å².